The van der Waals surface area contributed by atoms with Crippen molar-refractivity contribution < 1.29 is 28.5 Å². The lowest BCUT2D eigenvalue weighted by molar-refractivity contribution is -0.143. The molecular weight excluding hydrogens is 582 g/mol. The van der Waals surface area contributed by atoms with E-state index >= 15 is 0 Å². The van der Waals surface area contributed by atoms with Gasteiger partial charge in [-0.15, -0.1) is 0 Å². The van der Waals surface area contributed by atoms with E-state index in [1.807, 2.05) is 54.6 Å². The number of ether oxygens (including phenoxy) is 4. The lowest BCUT2D eigenvalue weighted by Crippen LogP contribution is -2.36. The first-order chi connectivity index (χ1) is 22.4. The van der Waals surface area contributed by atoms with Crippen LogP contribution in [0.4, 0.5) is 10.5 Å². The number of likely N-dealkylation sites (N-methyl/N-ethyl adjacent to an activating group) is 1. The molecular formula is C37H47N3O6. The summed E-state index contributed by atoms with van der Waals surface area (Å²) in [4.78, 5) is 29.2. The SMILES string of the molecule is COC(CN(C)C(=O)CCOCCc1ccc(CN2C[C@H]3C[C@@H](OC(=O)Nc4ccccc4-c4ccccc4)C[C@H]3C2)cc1)OC. The number of nitrogens with zero attached hydrogens (tertiary/aromatic N) is 2. The molecule has 9 heteroatoms. The number of carbonyl (C=O) groups excluding carboxylic acids is 2. The van der Waals surface area contributed by atoms with Crippen molar-refractivity contribution >= 4 is 17.7 Å². The van der Waals surface area contributed by atoms with E-state index < -0.39 is 6.29 Å². The van der Waals surface area contributed by atoms with Crippen molar-refractivity contribution in [2.45, 2.75) is 44.6 Å². The van der Waals surface area contributed by atoms with Crippen LogP contribution in [0.1, 0.15) is 30.4 Å². The molecule has 2 aliphatic rings. The van der Waals surface area contributed by atoms with Gasteiger partial charge in [-0.1, -0.05) is 72.8 Å². The zero-order valence-corrected chi connectivity index (χ0v) is 27.2. The molecule has 1 heterocycles. The van der Waals surface area contributed by atoms with E-state index in [4.69, 9.17) is 18.9 Å². The molecule has 2 fully saturated rings. The molecule has 2 amide bonds. The molecule has 3 atom stereocenters. The number of methoxy groups -OCH3 is 2. The van der Waals surface area contributed by atoms with E-state index in [2.05, 4.69) is 34.5 Å². The van der Waals surface area contributed by atoms with Crippen molar-refractivity contribution in [1.29, 1.82) is 0 Å². The molecule has 5 rings (SSSR count). The third-order valence-corrected chi connectivity index (χ3v) is 9.10. The molecule has 1 saturated carbocycles. The van der Waals surface area contributed by atoms with Crippen LogP contribution in [-0.4, -0.2) is 88.3 Å². The highest BCUT2D eigenvalue weighted by atomic mass is 16.7. The fraction of sp³-hybridized carbons (Fsp3) is 0.459. The molecule has 3 aromatic rings. The van der Waals surface area contributed by atoms with Gasteiger partial charge in [0.25, 0.3) is 0 Å². The number of amides is 2. The molecule has 1 N–H and O–H groups in total. The minimum Gasteiger partial charge on any atom is -0.446 e. The topological polar surface area (TPSA) is 89.6 Å². The Morgan fingerprint density at radius 3 is 2.22 bits per heavy atom. The van der Waals surface area contributed by atoms with Gasteiger partial charge in [0.05, 0.1) is 31.9 Å². The number of benzene rings is 3. The number of likely N-dealkylation sites (tertiary alicyclic amines) is 1. The predicted molar refractivity (Wildman–Crippen MR) is 178 cm³/mol. The van der Waals surface area contributed by atoms with Gasteiger partial charge in [-0.2, -0.15) is 0 Å². The van der Waals surface area contributed by atoms with Gasteiger partial charge in [0, 0.05) is 46.5 Å². The van der Waals surface area contributed by atoms with Crippen molar-refractivity contribution in [2.24, 2.45) is 11.8 Å². The third-order valence-electron chi connectivity index (χ3n) is 9.10. The lowest BCUT2D eigenvalue weighted by atomic mass is 10.0. The Hall–Kier alpha value is -3.76. The number of hydrogen-bond acceptors (Lipinski definition) is 7. The summed E-state index contributed by atoms with van der Waals surface area (Å²) in [5.74, 6) is 1.11. The van der Waals surface area contributed by atoms with E-state index in [-0.39, 0.29) is 18.1 Å². The second-order valence-electron chi connectivity index (χ2n) is 12.4. The first-order valence-corrected chi connectivity index (χ1v) is 16.2. The summed E-state index contributed by atoms with van der Waals surface area (Å²) in [5.41, 5.74) is 5.32. The summed E-state index contributed by atoms with van der Waals surface area (Å²) in [6.45, 7) is 4.34. The normalized spacial score (nSPS) is 19.3. The Balaban J connectivity index is 0.980. The van der Waals surface area contributed by atoms with Gasteiger partial charge < -0.3 is 23.8 Å². The highest BCUT2D eigenvalue weighted by molar-refractivity contribution is 5.91. The third kappa shape index (κ3) is 9.39. The van der Waals surface area contributed by atoms with Crippen molar-refractivity contribution in [3.8, 4) is 11.1 Å². The maximum absolute atomic E-state index is 12.8. The number of carbonyl (C=O) groups is 2. The number of hydrogen-bond donors (Lipinski definition) is 1. The number of fused-ring (bicyclic) bond motifs is 1. The minimum absolute atomic E-state index is 0.00346. The molecule has 46 heavy (non-hydrogen) atoms. The zero-order chi connectivity index (χ0) is 32.3. The minimum atomic E-state index is -0.426. The smallest absolute Gasteiger partial charge is 0.411 e. The number of para-hydroxylation sites is 1. The summed E-state index contributed by atoms with van der Waals surface area (Å²) in [6, 6.07) is 26.6. The maximum atomic E-state index is 12.8. The quantitative estimate of drug-likeness (QED) is 0.167. The summed E-state index contributed by atoms with van der Waals surface area (Å²) in [5, 5.41) is 2.98. The monoisotopic (exact) mass is 629 g/mol. The molecule has 0 unspecified atom stereocenters. The number of anilines is 1. The van der Waals surface area contributed by atoms with Crippen LogP contribution in [0.3, 0.4) is 0 Å². The van der Waals surface area contributed by atoms with Crippen LogP contribution in [0.25, 0.3) is 11.1 Å². The molecule has 0 bridgehead atoms. The van der Waals surface area contributed by atoms with Crippen LogP contribution in [0.5, 0.6) is 0 Å². The zero-order valence-electron chi connectivity index (χ0n) is 27.2. The molecule has 0 spiro atoms. The maximum Gasteiger partial charge on any atom is 0.411 e. The molecule has 3 aromatic carbocycles. The first kappa shape index (κ1) is 33.6. The summed E-state index contributed by atoms with van der Waals surface area (Å²) in [6.07, 6.45) is 2.12. The van der Waals surface area contributed by atoms with Crippen LogP contribution >= 0.6 is 0 Å². The van der Waals surface area contributed by atoms with Crippen LogP contribution in [0, 0.1) is 11.8 Å². The molecule has 0 radical (unpaired) electrons. The Bertz CT molecular complexity index is 1380. The van der Waals surface area contributed by atoms with Crippen LogP contribution < -0.4 is 5.32 Å². The van der Waals surface area contributed by atoms with Crippen molar-refractivity contribution in [3.05, 3.63) is 90.0 Å². The fourth-order valence-electron chi connectivity index (χ4n) is 6.60. The molecule has 9 nitrogen and oxygen atoms in total. The highest BCUT2D eigenvalue weighted by Gasteiger charge is 2.42. The number of nitrogens with one attached hydrogen (secondary N) is 1. The Kier molecular flexibility index (Phi) is 12.2. The van der Waals surface area contributed by atoms with Crippen molar-refractivity contribution in [3.63, 3.8) is 0 Å². The van der Waals surface area contributed by atoms with Crippen LogP contribution in [0.15, 0.2) is 78.9 Å². The molecule has 1 aliphatic carbocycles. The molecule has 1 saturated heterocycles. The van der Waals surface area contributed by atoms with Gasteiger partial charge in [0.2, 0.25) is 5.91 Å². The summed E-state index contributed by atoms with van der Waals surface area (Å²) < 4.78 is 21.9. The lowest BCUT2D eigenvalue weighted by Gasteiger charge is -2.22. The largest absolute Gasteiger partial charge is 0.446 e. The van der Waals surface area contributed by atoms with Gasteiger partial charge in [0.1, 0.15) is 6.10 Å². The Morgan fingerprint density at radius 2 is 1.52 bits per heavy atom. The van der Waals surface area contributed by atoms with E-state index in [0.717, 1.165) is 55.7 Å². The van der Waals surface area contributed by atoms with Gasteiger partial charge in [0.15, 0.2) is 6.29 Å². The summed E-state index contributed by atoms with van der Waals surface area (Å²) in [7, 11) is 4.86. The number of rotatable bonds is 15. The average molecular weight is 630 g/mol. The average Bonchev–Trinajstić information content (AvgIpc) is 3.62. The second kappa shape index (κ2) is 16.7. The van der Waals surface area contributed by atoms with E-state index in [0.29, 0.717) is 38.0 Å². The van der Waals surface area contributed by atoms with Gasteiger partial charge in [-0.25, -0.2) is 4.79 Å². The molecule has 0 aromatic heterocycles. The van der Waals surface area contributed by atoms with E-state index in [1.54, 1.807) is 26.2 Å². The van der Waals surface area contributed by atoms with Gasteiger partial charge in [-0.05, 0) is 53.9 Å². The Morgan fingerprint density at radius 1 is 0.870 bits per heavy atom. The van der Waals surface area contributed by atoms with E-state index in [1.165, 1.54) is 11.1 Å². The molecule has 246 valence electrons. The first-order valence-electron chi connectivity index (χ1n) is 16.2. The van der Waals surface area contributed by atoms with Gasteiger partial charge >= 0.3 is 6.09 Å². The second-order valence-corrected chi connectivity index (χ2v) is 12.4. The predicted octanol–water partition coefficient (Wildman–Crippen LogP) is 5.84. The van der Waals surface area contributed by atoms with Crippen molar-refractivity contribution in [2.75, 3.05) is 59.4 Å². The van der Waals surface area contributed by atoms with Crippen molar-refractivity contribution in [1.82, 2.24) is 9.80 Å². The van der Waals surface area contributed by atoms with E-state index in [9.17, 15) is 9.59 Å². The Labute approximate surface area is 272 Å². The fourth-order valence-corrected chi connectivity index (χ4v) is 6.60. The highest BCUT2D eigenvalue weighted by Crippen LogP contribution is 2.40. The summed E-state index contributed by atoms with van der Waals surface area (Å²) >= 11 is 0. The van der Waals surface area contributed by atoms with Gasteiger partial charge in [-0.3, -0.25) is 15.0 Å². The standard InChI is InChI=1S/C37H47N3O6/c1-39(26-36(43-2)44-3)35(41)18-20-45-19-17-27-13-15-28(16-14-27)23-40-24-30-21-32(22-31(30)25-40)46-37(42)38-34-12-8-7-11-33(34)29-9-5-4-6-10-29/h4-16,30-32,36H,17-26H2,1-3H3,(H,38,42)/t30-,31+,32-. The van der Waals surface area contributed by atoms with Crippen LogP contribution in [0.2, 0.25) is 0 Å². The van der Waals surface area contributed by atoms with Crippen LogP contribution in [-0.2, 0) is 36.7 Å². The molecule has 1 aliphatic heterocycles.